The Bertz CT molecular complexity index is 763. The maximum Gasteiger partial charge on any atom is 0.218 e. The molecule has 6 heteroatoms. The number of hydrogen-bond donors (Lipinski definition) is 1. The molecule has 27 heavy (non-hydrogen) atoms. The lowest BCUT2D eigenvalue weighted by Gasteiger charge is -2.31. The number of pyridine rings is 1. The van der Waals surface area contributed by atoms with E-state index in [4.69, 9.17) is 14.5 Å². The maximum atomic E-state index is 5.72. The van der Waals surface area contributed by atoms with E-state index in [9.17, 15) is 0 Å². The molecule has 0 bridgehead atoms. The molecule has 0 fully saturated rings. The van der Waals surface area contributed by atoms with Gasteiger partial charge in [-0.15, -0.1) is 0 Å². The van der Waals surface area contributed by atoms with Crippen molar-refractivity contribution in [1.82, 2.24) is 15.2 Å². The van der Waals surface area contributed by atoms with Crippen molar-refractivity contribution in [2.75, 3.05) is 33.4 Å². The zero-order chi connectivity index (χ0) is 18.9. The first-order chi connectivity index (χ1) is 13.3. The first-order valence-corrected chi connectivity index (χ1v) is 9.47. The summed E-state index contributed by atoms with van der Waals surface area (Å²) in [5.74, 6) is 1.55. The van der Waals surface area contributed by atoms with Gasteiger partial charge in [-0.3, -0.25) is 0 Å². The van der Waals surface area contributed by atoms with Gasteiger partial charge >= 0.3 is 0 Å². The van der Waals surface area contributed by atoms with Gasteiger partial charge in [0.05, 0.1) is 13.2 Å². The number of guanidine groups is 1. The molecular weight excluding hydrogens is 340 g/mol. The average molecular weight is 368 g/mol. The third-order valence-electron chi connectivity index (χ3n) is 4.54. The first kappa shape index (κ1) is 19.2. The number of aliphatic imine (C=N–C) groups is 1. The molecule has 6 nitrogen and oxygen atoms in total. The molecule has 0 saturated carbocycles. The molecule has 3 rings (SSSR count). The van der Waals surface area contributed by atoms with Crippen LogP contribution in [0, 0.1) is 0 Å². The quantitative estimate of drug-likeness (QED) is 0.463. The Labute approximate surface area is 161 Å². The molecule has 0 unspecified atom stereocenters. The topological polar surface area (TPSA) is 59.0 Å². The number of methoxy groups -OCH3 is 1. The summed E-state index contributed by atoms with van der Waals surface area (Å²) in [6.45, 7) is 6.32. The van der Waals surface area contributed by atoms with Crippen molar-refractivity contribution in [2.45, 2.75) is 26.4 Å². The van der Waals surface area contributed by atoms with Crippen LogP contribution >= 0.6 is 0 Å². The highest BCUT2D eigenvalue weighted by Crippen LogP contribution is 2.19. The number of nitrogens with zero attached hydrogens (tertiary/aromatic N) is 3. The molecular formula is C21H28N4O2. The highest BCUT2D eigenvalue weighted by atomic mass is 16.5. The van der Waals surface area contributed by atoms with Gasteiger partial charge in [-0.1, -0.05) is 30.3 Å². The van der Waals surface area contributed by atoms with Crippen LogP contribution in [-0.4, -0.2) is 49.3 Å². The van der Waals surface area contributed by atoms with Gasteiger partial charge in [-0.05, 0) is 30.5 Å². The van der Waals surface area contributed by atoms with Gasteiger partial charge in [0.15, 0.2) is 5.96 Å². The number of hydrogen-bond acceptors (Lipinski definition) is 4. The van der Waals surface area contributed by atoms with Crippen molar-refractivity contribution in [3.8, 4) is 5.88 Å². The van der Waals surface area contributed by atoms with Crippen molar-refractivity contribution < 1.29 is 9.47 Å². The average Bonchev–Trinajstić information content (AvgIpc) is 2.72. The zero-order valence-corrected chi connectivity index (χ0v) is 16.1. The molecule has 0 amide bonds. The number of ether oxygens (including phenoxy) is 2. The van der Waals surface area contributed by atoms with E-state index in [1.807, 2.05) is 12.1 Å². The van der Waals surface area contributed by atoms with E-state index >= 15 is 0 Å². The summed E-state index contributed by atoms with van der Waals surface area (Å²) in [5.41, 5.74) is 3.78. The first-order valence-electron chi connectivity index (χ1n) is 9.47. The van der Waals surface area contributed by atoms with E-state index in [1.165, 1.54) is 11.1 Å². The molecule has 0 aliphatic carbocycles. The van der Waals surface area contributed by atoms with Gasteiger partial charge in [0.2, 0.25) is 5.88 Å². The summed E-state index contributed by atoms with van der Waals surface area (Å²) in [4.78, 5) is 11.5. The third kappa shape index (κ3) is 5.20. The van der Waals surface area contributed by atoms with E-state index < -0.39 is 0 Å². The summed E-state index contributed by atoms with van der Waals surface area (Å²) in [6.07, 6.45) is 2.78. The SMILES string of the molecule is CCNC(=NCc1cccnc1OCCOC)N1CCc2ccccc2C1. The minimum atomic E-state index is 0.479. The molecule has 0 radical (unpaired) electrons. The van der Waals surface area contributed by atoms with Crippen LogP contribution in [0.4, 0.5) is 0 Å². The number of benzene rings is 1. The van der Waals surface area contributed by atoms with Crippen molar-refractivity contribution in [3.05, 3.63) is 59.3 Å². The second-order valence-corrected chi connectivity index (χ2v) is 6.42. The summed E-state index contributed by atoms with van der Waals surface area (Å²) in [5, 5.41) is 3.42. The molecule has 1 aliphatic heterocycles. The highest BCUT2D eigenvalue weighted by molar-refractivity contribution is 5.80. The largest absolute Gasteiger partial charge is 0.475 e. The second kappa shape index (κ2) is 9.92. The van der Waals surface area contributed by atoms with Gasteiger partial charge in [-0.2, -0.15) is 0 Å². The number of fused-ring (bicyclic) bond motifs is 1. The normalized spacial score (nSPS) is 14.0. The van der Waals surface area contributed by atoms with E-state index in [1.54, 1.807) is 13.3 Å². The molecule has 0 spiro atoms. The van der Waals surface area contributed by atoms with Crippen LogP contribution in [0.3, 0.4) is 0 Å². The van der Waals surface area contributed by atoms with Gasteiger partial charge in [0.1, 0.15) is 6.61 Å². The fourth-order valence-corrected chi connectivity index (χ4v) is 3.16. The van der Waals surface area contributed by atoms with Gasteiger partial charge < -0.3 is 19.7 Å². The molecule has 1 aromatic carbocycles. The van der Waals surface area contributed by atoms with Gasteiger partial charge in [0, 0.05) is 38.5 Å². The summed E-state index contributed by atoms with van der Waals surface area (Å²) >= 11 is 0. The monoisotopic (exact) mass is 368 g/mol. The maximum absolute atomic E-state index is 5.72. The lowest BCUT2D eigenvalue weighted by Crippen LogP contribution is -2.44. The van der Waals surface area contributed by atoms with E-state index in [0.717, 1.165) is 37.6 Å². The van der Waals surface area contributed by atoms with Crippen LogP contribution in [0.5, 0.6) is 5.88 Å². The third-order valence-corrected chi connectivity index (χ3v) is 4.54. The lowest BCUT2D eigenvalue weighted by molar-refractivity contribution is 0.143. The predicted octanol–water partition coefficient (Wildman–Crippen LogP) is 2.63. The zero-order valence-electron chi connectivity index (χ0n) is 16.1. The van der Waals surface area contributed by atoms with E-state index in [2.05, 4.69) is 46.4 Å². The summed E-state index contributed by atoms with van der Waals surface area (Å²) in [6, 6.07) is 12.6. The Balaban J connectivity index is 1.72. The summed E-state index contributed by atoms with van der Waals surface area (Å²) < 4.78 is 10.8. The van der Waals surface area contributed by atoms with Crippen molar-refractivity contribution in [1.29, 1.82) is 0 Å². The van der Waals surface area contributed by atoms with Crippen molar-refractivity contribution in [2.24, 2.45) is 4.99 Å². The van der Waals surface area contributed by atoms with E-state index in [0.29, 0.717) is 25.6 Å². The van der Waals surface area contributed by atoms with Crippen LogP contribution in [-0.2, 0) is 24.2 Å². The van der Waals surface area contributed by atoms with Gasteiger partial charge in [-0.25, -0.2) is 9.98 Å². The smallest absolute Gasteiger partial charge is 0.218 e. The number of nitrogens with one attached hydrogen (secondary N) is 1. The minimum absolute atomic E-state index is 0.479. The second-order valence-electron chi connectivity index (χ2n) is 6.42. The molecule has 2 heterocycles. The molecule has 144 valence electrons. The predicted molar refractivity (Wildman–Crippen MR) is 107 cm³/mol. The summed E-state index contributed by atoms with van der Waals surface area (Å²) in [7, 11) is 1.66. The van der Waals surface area contributed by atoms with Crippen LogP contribution in [0.2, 0.25) is 0 Å². The Morgan fingerprint density at radius 2 is 2.04 bits per heavy atom. The highest BCUT2D eigenvalue weighted by Gasteiger charge is 2.18. The van der Waals surface area contributed by atoms with Crippen LogP contribution in [0.15, 0.2) is 47.6 Å². The van der Waals surface area contributed by atoms with Crippen LogP contribution in [0.1, 0.15) is 23.6 Å². The standard InChI is InChI=1S/C21H28N4O2/c1-3-22-21(25-12-10-17-7-4-5-8-19(17)16-25)24-15-18-9-6-11-23-20(18)27-14-13-26-2/h4-9,11H,3,10,12-16H2,1-2H3,(H,22,24). The minimum Gasteiger partial charge on any atom is -0.475 e. The van der Waals surface area contributed by atoms with Crippen molar-refractivity contribution >= 4 is 5.96 Å². The molecule has 2 aromatic rings. The van der Waals surface area contributed by atoms with Crippen LogP contribution < -0.4 is 10.1 Å². The Morgan fingerprint density at radius 1 is 1.19 bits per heavy atom. The Morgan fingerprint density at radius 3 is 2.85 bits per heavy atom. The fraction of sp³-hybridized carbons (Fsp3) is 0.429. The molecule has 0 saturated heterocycles. The fourth-order valence-electron chi connectivity index (χ4n) is 3.16. The van der Waals surface area contributed by atoms with Crippen LogP contribution in [0.25, 0.3) is 0 Å². The van der Waals surface area contributed by atoms with Crippen molar-refractivity contribution in [3.63, 3.8) is 0 Å². The Hall–Kier alpha value is -2.60. The number of aromatic nitrogens is 1. The molecule has 0 atom stereocenters. The molecule has 1 aliphatic rings. The Kier molecular flexibility index (Phi) is 7.04. The molecule has 1 aromatic heterocycles. The lowest BCUT2D eigenvalue weighted by atomic mass is 10.0. The van der Waals surface area contributed by atoms with Gasteiger partial charge in [0.25, 0.3) is 0 Å². The number of rotatable bonds is 7. The molecule has 1 N–H and O–H groups in total. The van der Waals surface area contributed by atoms with E-state index in [-0.39, 0.29) is 0 Å².